The standard InChI is InChI=1S/C6H6Cl.C5H5.Fe/c7-5-6-3-1-2-4-6;1-2-4-5-3-1;/h1-4H,5H2;1-5H;/q;;+2. The van der Waals surface area contributed by atoms with Gasteiger partial charge in [-0.3, -0.25) is 0 Å². The second-order valence-electron chi connectivity index (χ2n) is 2.39. The van der Waals surface area contributed by atoms with E-state index in [1.807, 2.05) is 57.8 Å². The Morgan fingerprint density at radius 2 is 1.15 bits per heavy atom. The topological polar surface area (TPSA) is 0 Å². The van der Waals surface area contributed by atoms with Crippen LogP contribution in [-0.4, -0.2) is 5.88 Å². The minimum absolute atomic E-state index is 0. The molecule has 2 fully saturated rings. The maximum Gasteiger partial charge on any atom is 2.00 e. The first-order valence-corrected chi connectivity index (χ1v) is 4.40. The van der Waals surface area contributed by atoms with Gasteiger partial charge in [0.25, 0.3) is 0 Å². The van der Waals surface area contributed by atoms with Crippen molar-refractivity contribution in [2.45, 2.75) is 0 Å². The smallest absolute Gasteiger partial charge is 0.126 e. The molecule has 2 aliphatic carbocycles. The minimum Gasteiger partial charge on any atom is -0.126 e. The van der Waals surface area contributed by atoms with E-state index in [9.17, 15) is 0 Å². The van der Waals surface area contributed by atoms with Crippen LogP contribution < -0.4 is 0 Å². The third-order valence-corrected chi connectivity index (χ3v) is 1.75. The number of rotatable bonds is 1. The molecule has 0 spiro atoms. The summed E-state index contributed by atoms with van der Waals surface area (Å²) < 4.78 is 0. The van der Waals surface area contributed by atoms with Crippen molar-refractivity contribution in [2.75, 3.05) is 5.88 Å². The molecule has 0 aromatic rings. The molecule has 0 unspecified atom stereocenters. The van der Waals surface area contributed by atoms with Gasteiger partial charge in [-0.05, 0) is 63.7 Å². The van der Waals surface area contributed by atoms with Gasteiger partial charge < -0.3 is 0 Å². The Bertz CT molecular complexity index is 88.7. The molecule has 0 aliphatic heterocycles. The van der Waals surface area contributed by atoms with Crippen molar-refractivity contribution in [3.63, 3.8) is 0 Å². The van der Waals surface area contributed by atoms with Crippen LogP contribution in [-0.2, 0) is 17.1 Å². The molecule has 0 bridgehead atoms. The minimum atomic E-state index is 0. The van der Waals surface area contributed by atoms with Gasteiger partial charge in [-0.15, -0.1) is 11.6 Å². The van der Waals surface area contributed by atoms with Gasteiger partial charge in [0.2, 0.25) is 0 Å². The zero-order valence-electron chi connectivity index (χ0n) is 7.13. The summed E-state index contributed by atoms with van der Waals surface area (Å²) in [4.78, 5) is 0. The van der Waals surface area contributed by atoms with Crippen molar-refractivity contribution in [3.8, 4) is 0 Å². The van der Waals surface area contributed by atoms with Crippen LogP contribution in [0.5, 0.6) is 0 Å². The van der Waals surface area contributed by atoms with Gasteiger partial charge >= 0.3 is 17.1 Å². The zero-order chi connectivity index (χ0) is 8.65. The van der Waals surface area contributed by atoms with Crippen LogP contribution in [0, 0.1) is 63.7 Å². The van der Waals surface area contributed by atoms with Crippen LogP contribution >= 0.6 is 11.6 Å². The molecular formula is C11H11ClFe+2. The summed E-state index contributed by atoms with van der Waals surface area (Å²) in [7, 11) is 0. The van der Waals surface area contributed by atoms with E-state index in [0.29, 0.717) is 5.88 Å². The van der Waals surface area contributed by atoms with E-state index in [1.54, 1.807) is 0 Å². The molecule has 2 aliphatic rings. The van der Waals surface area contributed by atoms with Crippen LogP contribution in [0.2, 0.25) is 0 Å². The molecule has 0 heterocycles. The molecule has 0 nitrogen and oxygen atoms in total. The predicted octanol–water partition coefficient (Wildman–Crippen LogP) is 2.65. The van der Waals surface area contributed by atoms with Crippen molar-refractivity contribution in [3.05, 3.63) is 63.7 Å². The fourth-order valence-corrected chi connectivity index (χ4v) is 1.00. The maximum atomic E-state index is 5.47. The number of halogens is 1. The summed E-state index contributed by atoms with van der Waals surface area (Å²) in [5.74, 6) is 1.83. The number of alkyl halides is 1. The van der Waals surface area contributed by atoms with Gasteiger partial charge in [0.15, 0.2) is 0 Å². The monoisotopic (exact) mass is 234 g/mol. The van der Waals surface area contributed by atoms with Crippen molar-refractivity contribution in [1.29, 1.82) is 0 Å². The van der Waals surface area contributed by atoms with Gasteiger partial charge in [0.05, 0.1) is 0 Å². The predicted molar refractivity (Wildman–Crippen MR) is 52.7 cm³/mol. The number of hydrogen-bond donors (Lipinski definition) is 0. The Kier molecular flexibility index (Phi) is 9.95. The molecule has 0 aromatic heterocycles. The average molecular weight is 235 g/mol. The average Bonchev–Trinajstić information content (AvgIpc) is 2.81. The first kappa shape index (κ1) is 13.8. The Balaban J connectivity index is 0.000000215. The Labute approximate surface area is 98.3 Å². The third-order valence-electron chi connectivity index (χ3n) is 1.44. The molecule has 13 heavy (non-hydrogen) atoms. The van der Waals surface area contributed by atoms with Crippen molar-refractivity contribution in [1.82, 2.24) is 0 Å². The third kappa shape index (κ3) is 6.82. The van der Waals surface area contributed by atoms with E-state index < -0.39 is 0 Å². The van der Waals surface area contributed by atoms with E-state index in [2.05, 4.69) is 0 Å². The Hall–Kier alpha value is 0.809. The quantitative estimate of drug-likeness (QED) is 0.483. The summed E-state index contributed by atoms with van der Waals surface area (Å²) >= 11 is 5.47. The van der Waals surface area contributed by atoms with E-state index in [0.717, 1.165) is 0 Å². The Morgan fingerprint density at radius 1 is 0.769 bits per heavy atom. The summed E-state index contributed by atoms with van der Waals surface area (Å²) in [6.45, 7) is 0. The molecule has 2 rings (SSSR count). The second-order valence-corrected chi connectivity index (χ2v) is 2.66. The van der Waals surface area contributed by atoms with Crippen LogP contribution in [0.1, 0.15) is 0 Å². The normalized spacial score (nSPS) is 21.9. The van der Waals surface area contributed by atoms with Gasteiger partial charge in [-0.1, -0.05) is 0 Å². The SMILES string of the molecule is ClC[C]1[CH][CH][CH][CH]1.[CH]1[CH][CH][CH][CH]1.[Fe+2]. The zero-order valence-corrected chi connectivity index (χ0v) is 8.99. The molecule has 0 saturated heterocycles. The summed E-state index contributed by atoms with van der Waals surface area (Å²) in [6.07, 6.45) is 18.0. The number of hydrogen-bond acceptors (Lipinski definition) is 0. The molecule has 0 amide bonds. The molecule has 0 atom stereocenters. The van der Waals surface area contributed by atoms with Crippen molar-refractivity contribution >= 4 is 11.6 Å². The summed E-state index contributed by atoms with van der Waals surface area (Å²) in [6, 6.07) is 0. The first-order valence-electron chi connectivity index (χ1n) is 3.86. The molecular weight excluding hydrogens is 223 g/mol. The largest absolute Gasteiger partial charge is 2.00 e. The molecule has 0 aromatic carbocycles. The van der Waals surface area contributed by atoms with Crippen molar-refractivity contribution < 1.29 is 17.1 Å². The van der Waals surface area contributed by atoms with Crippen LogP contribution in [0.4, 0.5) is 0 Å². The van der Waals surface area contributed by atoms with E-state index in [4.69, 9.17) is 11.6 Å². The Morgan fingerprint density at radius 3 is 1.38 bits per heavy atom. The molecule has 2 saturated carbocycles. The fourth-order valence-electron chi connectivity index (χ4n) is 0.824. The summed E-state index contributed by atoms with van der Waals surface area (Å²) in [5.41, 5.74) is 0. The molecule has 10 radical (unpaired) electrons. The van der Waals surface area contributed by atoms with Crippen LogP contribution in [0.25, 0.3) is 0 Å². The van der Waals surface area contributed by atoms with Gasteiger partial charge in [0.1, 0.15) is 0 Å². The maximum absolute atomic E-state index is 5.47. The van der Waals surface area contributed by atoms with E-state index >= 15 is 0 Å². The fraction of sp³-hybridized carbons (Fsp3) is 0.0909. The van der Waals surface area contributed by atoms with Gasteiger partial charge in [-0.2, -0.15) is 0 Å². The van der Waals surface area contributed by atoms with Gasteiger partial charge in [-0.25, -0.2) is 0 Å². The van der Waals surface area contributed by atoms with Crippen LogP contribution in [0.3, 0.4) is 0 Å². The first-order chi connectivity index (χ1) is 5.93. The van der Waals surface area contributed by atoms with Gasteiger partial charge in [0, 0.05) is 5.88 Å². The molecule has 2 heteroatoms. The van der Waals surface area contributed by atoms with E-state index in [-0.39, 0.29) is 17.1 Å². The second kappa shape index (κ2) is 9.37. The van der Waals surface area contributed by atoms with Crippen LogP contribution in [0.15, 0.2) is 0 Å². The van der Waals surface area contributed by atoms with E-state index in [1.165, 1.54) is 5.92 Å². The summed E-state index contributed by atoms with van der Waals surface area (Å²) in [5, 5.41) is 0. The van der Waals surface area contributed by atoms with Crippen molar-refractivity contribution in [2.24, 2.45) is 0 Å². The molecule has 68 valence electrons. The molecule has 0 N–H and O–H groups in total.